The van der Waals surface area contributed by atoms with E-state index in [1.54, 1.807) is 42.5 Å². The summed E-state index contributed by atoms with van der Waals surface area (Å²) in [6.07, 6.45) is 6.99. The molecule has 1 amide bonds. The summed E-state index contributed by atoms with van der Waals surface area (Å²) < 4.78 is 12.2. The van der Waals surface area contributed by atoms with Crippen molar-refractivity contribution in [2.75, 3.05) is 38.2 Å². The number of carbonyl (C=O) groups is 2. The Morgan fingerprint density at radius 1 is 0.818 bits per heavy atom. The number of anilines is 1. The minimum Gasteiger partial charge on any atom is -0.493 e. The number of likely N-dealkylation sites (N-methyl/N-ethyl adjacent to an activating group) is 1. The Bertz CT molecular complexity index is 1340. The molecule has 9 nitrogen and oxygen atoms in total. The molecule has 0 fully saturated rings. The largest absolute Gasteiger partial charge is 0.493 e. The van der Waals surface area contributed by atoms with E-state index >= 15 is 0 Å². The van der Waals surface area contributed by atoms with Gasteiger partial charge in [0.2, 0.25) is 0 Å². The van der Waals surface area contributed by atoms with Crippen LogP contribution in [0.15, 0.2) is 72.8 Å². The molecule has 3 aromatic rings. The van der Waals surface area contributed by atoms with Crippen LogP contribution in [-0.4, -0.2) is 54.1 Å². The number of nitrogens with zero attached hydrogens (tertiary/aromatic N) is 2. The van der Waals surface area contributed by atoms with Gasteiger partial charge in [-0.3, -0.25) is 14.9 Å². The fourth-order valence-electron chi connectivity index (χ4n) is 5.10. The first-order valence-corrected chi connectivity index (χ1v) is 15.7. The molecule has 0 saturated heterocycles. The highest BCUT2D eigenvalue weighted by Crippen LogP contribution is 2.22. The molecule has 0 bridgehead atoms. The van der Waals surface area contributed by atoms with Crippen LogP contribution < -0.4 is 10.1 Å². The quantitative estimate of drug-likeness (QED) is 0.0492. The number of hydrogen-bond acceptors (Lipinski definition) is 6. The third kappa shape index (κ3) is 10.5. The van der Waals surface area contributed by atoms with Crippen molar-refractivity contribution in [3.8, 4) is 5.75 Å². The summed E-state index contributed by atoms with van der Waals surface area (Å²) in [6, 6.07) is 20.4. The molecule has 0 unspecified atom stereocenters. The molecule has 0 radical (unpaired) electrons. The fraction of sp³-hybridized carbons (Fsp3) is 0.429. The van der Waals surface area contributed by atoms with Gasteiger partial charge in [0.05, 0.1) is 35.7 Å². The first-order chi connectivity index (χ1) is 21.3. The highest BCUT2D eigenvalue weighted by Gasteiger charge is 2.25. The fourth-order valence-corrected chi connectivity index (χ4v) is 5.10. The van der Waals surface area contributed by atoms with Gasteiger partial charge >= 0.3 is 5.97 Å². The van der Waals surface area contributed by atoms with Crippen LogP contribution in [0.25, 0.3) is 0 Å². The minimum atomic E-state index is -0.433. The lowest BCUT2D eigenvalue weighted by molar-refractivity contribution is -0.937. The number of amides is 1. The lowest BCUT2D eigenvalue weighted by Gasteiger charge is -2.36. The number of unbranched alkanes of at least 4 members (excludes halogenated alkanes) is 5. The van der Waals surface area contributed by atoms with Gasteiger partial charge in [0.25, 0.3) is 11.6 Å². The summed E-state index contributed by atoms with van der Waals surface area (Å²) in [5.74, 6) is -0.155. The van der Waals surface area contributed by atoms with Gasteiger partial charge in [0.15, 0.2) is 0 Å². The van der Waals surface area contributed by atoms with E-state index in [4.69, 9.17) is 9.47 Å². The van der Waals surface area contributed by atoms with Crippen LogP contribution in [0.4, 0.5) is 11.4 Å². The molecule has 0 atom stereocenters. The second kappa shape index (κ2) is 17.8. The first-order valence-electron chi connectivity index (χ1n) is 15.7. The van der Waals surface area contributed by atoms with Gasteiger partial charge in [-0.1, -0.05) is 51.2 Å². The van der Waals surface area contributed by atoms with E-state index in [2.05, 4.69) is 26.1 Å². The SMILES string of the molecule is CCCCCCCCOc1ccccc1C(=O)Nc1ccc(C(=O)OCC[N+](CC)(CC)Cc2ccc([N+](=O)[O-])cc2)cc1. The highest BCUT2D eigenvalue weighted by molar-refractivity contribution is 6.06. The van der Waals surface area contributed by atoms with Gasteiger partial charge in [0.1, 0.15) is 25.4 Å². The van der Waals surface area contributed by atoms with Crippen LogP contribution in [-0.2, 0) is 11.3 Å². The molecule has 9 heteroatoms. The molecule has 3 aromatic carbocycles. The summed E-state index contributed by atoms with van der Waals surface area (Å²) in [5.41, 5.74) is 2.48. The Hall–Kier alpha value is -4.24. The van der Waals surface area contributed by atoms with Crippen molar-refractivity contribution in [2.45, 2.75) is 65.8 Å². The third-order valence-corrected chi connectivity index (χ3v) is 8.07. The van der Waals surface area contributed by atoms with Crippen LogP contribution in [0, 0.1) is 10.1 Å². The smallest absolute Gasteiger partial charge is 0.338 e. The average molecular weight is 605 g/mol. The molecule has 0 aromatic heterocycles. The van der Waals surface area contributed by atoms with Crippen LogP contribution in [0.3, 0.4) is 0 Å². The van der Waals surface area contributed by atoms with Gasteiger partial charge in [-0.25, -0.2) is 4.79 Å². The molecule has 0 spiro atoms. The standard InChI is InChI=1S/C35H45N3O6/c1-4-7-8-9-10-13-25-43-33-15-12-11-14-32(33)34(39)36-30-20-18-29(19-21-30)35(40)44-26-24-38(5-2,6-3)27-28-16-22-31(23-17-28)37(41)42/h11-12,14-23H,4-10,13,24-27H2,1-3H3/p+1. The van der Waals surface area contributed by atoms with Crippen molar-refractivity contribution in [3.63, 3.8) is 0 Å². The summed E-state index contributed by atoms with van der Waals surface area (Å²) in [7, 11) is 0. The number of ether oxygens (including phenoxy) is 2. The van der Waals surface area contributed by atoms with Crippen LogP contribution in [0.2, 0.25) is 0 Å². The van der Waals surface area contributed by atoms with Gasteiger partial charge in [0, 0.05) is 23.4 Å². The summed E-state index contributed by atoms with van der Waals surface area (Å²) >= 11 is 0. The molecule has 3 rings (SSSR count). The van der Waals surface area contributed by atoms with E-state index in [0.29, 0.717) is 46.7 Å². The van der Waals surface area contributed by atoms with E-state index in [1.807, 2.05) is 18.2 Å². The van der Waals surface area contributed by atoms with Crippen molar-refractivity contribution in [1.82, 2.24) is 0 Å². The van der Waals surface area contributed by atoms with Gasteiger partial charge < -0.3 is 19.3 Å². The van der Waals surface area contributed by atoms with Gasteiger partial charge in [-0.2, -0.15) is 0 Å². The molecule has 1 N–H and O–H groups in total. The zero-order chi connectivity index (χ0) is 31.8. The molecular formula is C35H46N3O6+. The van der Waals surface area contributed by atoms with Crippen LogP contribution in [0.5, 0.6) is 5.75 Å². The zero-order valence-electron chi connectivity index (χ0n) is 26.3. The minimum absolute atomic E-state index is 0.0667. The summed E-state index contributed by atoms with van der Waals surface area (Å²) in [4.78, 5) is 36.3. The lowest BCUT2D eigenvalue weighted by Crippen LogP contribution is -2.49. The molecule has 0 heterocycles. The van der Waals surface area contributed by atoms with E-state index < -0.39 is 10.9 Å². The Morgan fingerprint density at radius 2 is 1.48 bits per heavy atom. The molecule has 236 valence electrons. The maximum Gasteiger partial charge on any atom is 0.338 e. The van der Waals surface area contributed by atoms with Crippen molar-refractivity contribution >= 4 is 23.3 Å². The molecule has 0 aliphatic rings. The number of hydrogen-bond donors (Lipinski definition) is 1. The Morgan fingerprint density at radius 3 is 2.14 bits per heavy atom. The first kappa shape index (κ1) is 34.3. The van der Waals surface area contributed by atoms with Gasteiger partial charge in [-0.05, 0) is 68.8 Å². The van der Waals surface area contributed by atoms with Gasteiger partial charge in [-0.15, -0.1) is 0 Å². The molecular weight excluding hydrogens is 558 g/mol. The highest BCUT2D eigenvalue weighted by atomic mass is 16.6. The van der Waals surface area contributed by atoms with Crippen LogP contribution >= 0.6 is 0 Å². The number of benzene rings is 3. The average Bonchev–Trinajstić information content (AvgIpc) is 3.04. The van der Waals surface area contributed by atoms with Crippen LogP contribution in [0.1, 0.15) is 85.6 Å². The number of carbonyl (C=O) groups excluding carboxylic acids is 2. The van der Waals surface area contributed by atoms with Crippen molar-refractivity contribution < 1.29 is 28.5 Å². The normalized spacial score (nSPS) is 11.2. The number of nitrogens with one attached hydrogen (secondary N) is 1. The number of non-ortho nitro benzene ring substituents is 1. The number of para-hydroxylation sites is 1. The number of quaternary nitrogens is 1. The number of esters is 1. The predicted octanol–water partition coefficient (Wildman–Crippen LogP) is 7.80. The Balaban J connectivity index is 1.50. The maximum absolute atomic E-state index is 13.0. The lowest BCUT2D eigenvalue weighted by atomic mass is 10.1. The second-order valence-electron chi connectivity index (χ2n) is 11.1. The monoisotopic (exact) mass is 604 g/mol. The molecule has 0 aliphatic heterocycles. The predicted molar refractivity (Wildman–Crippen MR) is 173 cm³/mol. The molecule has 44 heavy (non-hydrogen) atoms. The van der Waals surface area contributed by atoms with E-state index in [1.165, 1.54) is 37.8 Å². The second-order valence-corrected chi connectivity index (χ2v) is 11.1. The van der Waals surface area contributed by atoms with E-state index in [-0.39, 0.29) is 18.2 Å². The maximum atomic E-state index is 13.0. The number of rotatable bonds is 19. The summed E-state index contributed by atoms with van der Waals surface area (Å²) in [6.45, 7) is 10.1. The topological polar surface area (TPSA) is 108 Å². The Kier molecular flexibility index (Phi) is 13.8. The number of nitro benzene ring substituents is 1. The van der Waals surface area contributed by atoms with E-state index in [9.17, 15) is 19.7 Å². The number of nitro groups is 1. The van der Waals surface area contributed by atoms with Crippen molar-refractivity contribution in [2.24, 2.45) is 0 Å². The van der Waals surface area contributed by atoms with Crippen molar-refractivity contribution in [1.29, 1.82) is 0 Å². The van der Waals surface area contributed by atoms with E-state index in [0.717, 1.165) is 31.5 Å². The molecule has 0 aliphatic carbocycles. The molecule has 0 saturated carbocycles. The zero-order valence-corrected chi connectivity index (χ0v) is 26.3. The summed E-state index contributed by atoms with van der Waals surface area (Å²) in [5, 5.41) is 13.9. The third-order valence-electron chi connectivity index (χ3n) is 8.07. The van der Waals surface area contributed by atoms with Crippen molar-refractivity contribution in [3.05, 3.63) is 99.6 Å². The Labute approximate surface area is 260 Å².